The summed E-state index contributed by atoms with van der Waals surface area (Å²) in [5.74, 6) is -0.0913. The van der Waals surface area contributed by atoms with Crippen molar-refractivity contribution in [3.8, 4) is 0 Å². The first kappa shape index (κ1) is 23.1. The molecule has 1 aliphatic heterocycles. The fourth-order valence-electron chi connectivity index (χ4n) is 4.87. The molecule has 0 N–H and O–H groups in total. The van der Waals surface area contributed by atoms with Crippen molar-refractivity contribution in [3.05, 3.63) is 63.2 Å². The molecule has 1 aliphatic carbocycles. The highest BCUT2D eigenvalue weighted by atomic mass is 16.5. The molecule has 0 saturated carbocycles. The van der Waals surface area contributed by atoms with Gasteiger partial charge < -0.3 is 9.64 Å². The fraction of sp³-hybridized carbons (Fsp3) is 0.481. The number of hydrogen-bond donors (Lipinski definition) is 0. The van der Waals surface area contributed by atoms with Crippen LogP contribution in [0.5, 0.6) is 0 Å². The Balaban J connectivity index is 0.00000272. The maximum atomic E-state index is 11.7. The Kier molecular flexibility index (Phi) is 6.59. The summed E-state index contributed by atoms with van der Waals surface area (Å²) in [7, 11) is 4.19. The lowest BCUT2D eigenvalue weighted by Crippen LogP contribution is -2.36. The van der Waals surface area contributed by atoms with Gasteiger partial charge >= 0.3 is 5.97 Å². The first-order chi connectivity index (χ1) is 14.3. The van der Waals surface area contributed by atoms with E-state index in [9.17, 15) is 4.79 Å². The van der Waals surface area contributed by atoms with E-state index in [0.29, 0.717) is 13.0 Å². The molecule has 0 saturated heterocycles. The van der Waals surface area contributed by atoms with E-state index < -0.39 is 0 Å². The average Bonchev–Trinajstić information content (AvgIpc) is 3.09. The molecule has 4 nitrogen and oxygen atoms in total. The van der Waals surface area contributed by atoms with Gasteiger partial charge in [0.1, 0.15) is 13.1 Å². The zero-order valence-corrected chi connectivity index (χ0v) is 18.9. The molecule has 0 amide bonds. The molecular formula is C27H37N2O2+. The molecular weight excluding hydrogens is 384 g/mol. The largest absolute Gasteiger partial charge is 0.466 e. The molecule has 2 aromatic rings. The number of hydrogen-bond acceptors (Lipinski definition) is 3. The summed E-state index contributed by atoms with van der Waals surface area (Å²) >= 11 is 0. The van der Waals surface area contributed by atoms with Crippen molar-refractivity contribution in [1.82, 2.24) is 4.58 Å². The summed E-state index contributed by atoms with van der Waals surface area (Å²) < 4.78 is 7.51. The molecule has 4 rings (SSSR count). The monoisotopic (exact) mass is 421 g/mol. The quantitative estimate of drug-likeness (QED) is 0.530. The van der Waals surface area contributed by atoms with Gasteiger partial charge in [0, 0.05) is 49.7 Å². The Morgan fingerprint density at radius 1 is 1.16 bits per heavy atom. The van der Waals surface area contributed by atoms with Crippen LogP contribution >= 0.6 is 0 Å². The minimum atomic E-state index is -0.0913. The van der Waals surface area contributed by atoms with E-state index >= 15 is 0 Å². The van der Waals surface area contributed by atoms with Gasteiger partial charge in [0.2, 0.25) is 5.36 Å². The Labute approximate surface area is 186 Å². The molecule has 0 atom stereocenters. The molecule has 0 aromatic heterocycles. The number of rotatable bonds is 6. The number of anilines is 1. The van der Waals surface area contributed by atoms with Crippen molar-refractivity contribution in [2.45, 2.75) is 52.9 Å². The second kappa shape index (κ2) is 8.86. The molecule has 0 unspecified atom stereocenters. The predicted molar refractivity (Wildman–Crippen MR) is 129 cm³/mol. The molecule has 0 fully saturated rings. The minimum absolute atomic E-state index is 0. The van der Waals surface area contributed by atoms with E-state index in [1.807, 2.05) is 6.92 Å². The number of nitrogens with zero attached hydrogens (tertiary/aromatic N) is 2. The van der Waals surface area contributed by atoms with Crippen LogP contribution in [-0.2, 0) is 21.4 Å². The lowest BCUT2D eigenvalue weighted by atomic mass is 9.72. The molecule has 31 heavy (non-hydrogen) atoms. The van der Waals surface area contributed by atoms with Gasteiger partial charge in [0.15, 0.2) is 0 Å². The van der Waals surface area contributed by atoms with E-state index in [4.69, 9.17) is 4.74 Å². The van der Waals surface area contributed by atoms with E-state index in [0.717, 1.165) is 25.9 Å². The molecule has 1 heterocycles. The number of esters is 1. The van der Waals surface area contributed by atoms with Gasteiger partial charge in [-0.1, -0.05) is 27.3 Å². The van der Waals surface area contributed by atoms with Gasteiger partial charge in [-0.25, -0.2) is 4.58 Å². The smallest absolute Gasteiger partial charge is 0.306 e. The number of ether oxygens (including phenoxy) is 1. The average molecular weight is 422 g/mol. The van der Waals surface area contributed by atoms with Crippen LogP contribution in [0, 0.1) is 0 Å². The van der Waals surface area contributed by atoms with Crippen LogP contribution in [0.2, 0.25) is 0 Å². The van der Waals surface area contributed by atoms with E-state index in [1.165, 1.54) is 38.5 Å². The van der Waals surface area contributed by atoms with E-state index in [1.54, 1.807) is 0 Å². The molecule has 2 aliphatic rings. The summed E-state index contributed by atoms with van der Waals surface area (Å²) in [4.78, 5) is 13.8. The third-order valence-electron chi connectivity index (χ3n) is 6.57. The summed E-state index contributed by atoms with van der Waals surface area (Å²) in [5.41, 5.74) is 6.70. The van der Waals surface area contributed by atoms with Crippen LogP contribution in [0.1, 0.15) is 63.3 Å². The third-order valence-corrected chi connectivity index (χ3v) is 6.57. The van der Waals surface area contributed by atoms with Crippen LogP contribution in [0.15, 0.2) is 30.3 Å². The van der Waals surface area contributed by atoms with Crippen molar-refractivity contribution in [1.29, 1.82) is 0 Å². The van der Waals surface area contributed by atoms with Gasteiger partial charge in [-0.2, -0.15) is 0 Å². The number of carbonyl (C=O) groups is 1. The maximum Gasteiger partial charge on any atom is 0.306 e. The van der Waals surface area contributed by atoms with Crippen molar-refractivity contribution < 1.29 is 9.53 Å². The van der Waals surface area contributed by atoms with Gasteiger partial charge in [-0.05, 0) is 53.1 Å². The zero-order chi connectivity index (χ0) is 21.5. The highest BCUT2D eigenvalue weighted by molar-refractivity contribution is 5.69. The van der Waals surface area contributed by atoms with Gasteiger partial charge in [0.05, 0.1) is 13.0 Å². The van der Waals surface area contributed by atoms with Crippen molar-refractivity contribution >= 4 is 17.7 Å². The van der Waals surface area contributed by atoms with Gasteiger partial charge in [-0.3, -0.25) is 4.79 Å². The summed E-state index contributed by atoms with van der Waals surface area (Å²) in [6.07, 6.45) is 4.74. The summed E-state index contributed by atoms with van der Waals surface area (Å²) in [5, 5.41) is 2.68. The second-order valence-corrected chi connectivity index (χ2v) is 9.15. The molecule has 4 heteroatoms. The highest BCUT2D eigenvalue weighted by Gasteiger charge is 2.32. The topological polar surface area (TPSA) is 32.6 Å². The molecule has 2 aromatic carbocycles. The normalized spacial score (nSPS) is 15.2. The van der Waals surface area contributed by atoms with Crippen LogP contribution in [0.4, 0.5) is 5.69 Å². The zero-order valence-electron chi connectivity index (χ0n) is 18.9. The summed E-state index contributed by atoms with van der Waals surface area (Å²) in [6.45, 7) is 8.92. The van der Waals surface area contributed by atoms with E-state index in [2.05, 4.69) is 73.8 Å². The SMILES string of the molecule is C.CCOC(=O)CCC[N+]1=c2cc3c(cc2CC1)=Cc1ccc(N(C)C)cc1C3(C)C. The van der Waals surface area contributed by atoms with Crippen LogP contribution in [0.3, 0.4) is 0 Å². The Morgan fingerprint density at radius 2 is 1.94 bits per heavy atom. The highest BCUT2D eigenvalue weighted by Crippen LogP contribution is 2.36. The van der Waals surface area contributed by atoms with Crippen LogP contribution in [-0.4, -0.2) is 39.8 Å². The molecule has 0 bridgehead atoms. The molecule has 0 spiro atoms. The first-order valence-corrected chi connectivity index (χ1v) is 11.1. The number of carbonyl (C=O) groups excluding carboxylic acids is 1. The lowest BCUT2D eigenvalue weighted by molar-refractivity contribution is -0.143. The summed E-state index contributed by atoms with van der Waals surface area (Å²) in [6, 6.07) is 11.6. The Hall–Kier alpha value is -2.62. The second-order valence-electron chi connectivity index (χ2n) is 9.15. The Bertz CT molecular complexity index is 1110. The molecule has 166 valence electrons. The van der Waals surface area contributed by atoms with Crippen LogP contribution in [0.25, 0.3) is 6.08 Å². The predicted octanol–water partition coefficient (Wildman–Crippen LogP) is 3.25. The lowest BCUT2D eigenvalue weighted by Gasteiger charge is -2.32. The van der Waals surface area contributed by atoms with Crippen molar-refractivity contribution in [2.75, 3.05) is 38.7 Å². The minimum Gasteiger partial charge on any atom is -0.466 e. The number of fused-ring (bicyclic) bond motifs is 3. The van der Waals surface area contributed by atoms with E-state index in [-0.39, 0.29) is 18.8 Å². The fourth-order valence-corrected chi connectivity index (χ4v) is 4.87. The van der Waals surface area contributed by atoms with Crippen molar-refractivity contribution in [2.24, 2.45) is 0 Å². The van der Waals surface area contributed by atoms with Crippen molar-refractivity contribution in [3.63, 3.8) is 0 Å². The van der Waals surface area contributed by atoms with Crippen LogP contribution < -0.4 is 20.1 Å². The Morgan fingerprint density at radius 3 is 2.65 bits per heavy atom. The van der Waals surface area contributed by atoms with Gasteiger partial charge in [-0.15, -0.1) is 0 Å². The first-order valence-electron chi connectivity index (χ1n) is 11.1. The molecule has 0 radical (unpaired) electrons. The standard InChI is InChI=1S/C26H33N2O2.CH4/c1-6-30-25(29)8-7-12-28-13-11-19-15-20-14-18-9-10-21(27(4)5)16-22(18)26(2,3)23(20)17-24(19)28;/h9-10,14-17H,6-8,11-13H2,1-5H3;1H4/q+1;. The van der Waals surface area contributed by atoms with Gasteiger partial charge in [0.25, 0.3) is 0 Å². The third kappa shape index (κ3) is 4.26. The number of benzene rings is 2. The maximum absolute atomic E-state index is 11.7.